The highest BCUT2D eigenvalue weighted by Gasteiger charge is 2.31. The molecule has 1 amide bonds. The van der Waals surface area contributed by atoms with Crippen LogP contribution in [0.2, 0.25) is 5.02 Å². The number of ether oxygens (including phenoxy) is 1. The summed E-state index contributed by atoms with van der Waals surface area (Å²) in [5.74, 6) is -0.403. The van der Waals surface area contributed by atoms with Crippen molar-refractivity contribution in [2.75, 3.05) is 44.3 Å². The van der Waals surface area contributed by atoms with Crippen LogP contribution in [0.4, 0.5) is 18.3 Å². The van der Waals surface area contributed by atoms with Gasteiger partial charge in [-0.05, 0) is 42.8 Å². The summed E-state index contributed by atoms with van der Waals surface area (Å²) in [6, 6.07) is 7.91. The van der Waals surface area contributed by atoms with Crippen molar-refractivity contribution in [3.63, 3.8) is 0 Å². The molecular formula is C22H21ClF3N3O2S. The van der Waals surface area contributed by atoms with E-state index in [1.165, 1.54) is 28.4 Å². The molecule has 0 N–H and O–H groups in total. The van der Waals surface area contributed by atoms with Crippen molar-refractivity contribution in [1.82, 2.24) is 9.88 Å². The summed E-state index contributed by atoms with van der Waals surface area (Å²) in [5.41, 5.74) is 1.02. The molecule has 0 unspecified atom stereocenters. The second-order valence-electron chi connectivity index (χ2n) is 7.52. The molecule has 0 atom stereocenters. The van der Waals surface area contributed by atoms with Crippen molar-refractivity contribution in [3.05, 3.63) is 58.1 Å². The molecule has 170 valence electrons. The van der Waals surface area contributed by atoms with Crippen molar-refractivity contribution in [2.24, 2.45) is 0 Å². The molecule has 1 fully saturated rings. The van der Waals surface area contributed by atoms with E-state index in [1.54, 1.807) is 6.07 Å². The fourth-order valence-electron chi connectivity index (χ4n) is 3.51. The first-order chi connectivity index (χ1) is 15.2. The molecule has 1 aliphatic rings. The predicted octanol–water partition coefficient (Wildman–Crippen LogP) is 5.26. The average Bonchev–Trinajstić information content (AvgIpc) is 3.23. The van der Waals surface area contributed by atoms with E-state index in [9.17, 15) is 18.0 Å². The van der Waals surface area contributed by atoms with Crippen molar-refractivity contribution in [2.45, 2.75) is 13.1 Å². The molecule has 2 aromatic carbocycles. The number of morpholine rings is 1. The Morgan fingerprint density at radius 1 is 1.19 bits per heavy atom. The smallest absolute Gasteiger partial charge is 0.379 e. The number of carbonyl (C=O) groups excluding carboxylic acids is 1. The largest absolute Gasteiger partial charge is 0.416 e. The summed E-state index contributed by atoms with van der Waals surface area (Å²) >= 11 is 7.64. The van der Waals surface area contributed by atoms with Gasteiger partial charge >= 0.3 is 6.18 Å². The van der Waals surface area contributed by atoms with Gasteiger partial charge in [0.2, 0.25) is 0 Å². The molecular weight excluding hydrogens is 463 g/mol. The standard InChI is InChI=1S/C22H21ClF3N3O2S/c1-14-2-7-17(23)19-18(14)27-21(32-19)29(9-8-28-10-12-31-13-11-28)20(30)15-3-5-16(6-4-15)22(24,25)26/h2-7H,8-13H2,1H3. The van der Waals surface area contributed by atoms with E-state index in [2.05, 4.69) is 9.88 Å². The van der Waals surface area contributed by atoms with Crippen LogP contribution in [-0.4, -0.2) is 55.2 Å². The maximum atomic E-state index is 13.4. The first kappa shape index (κ1) is 23.0. The van der Waals surface area contributed by atoms with E-state index < -0.39 is 17.6 Å². The minimum Gasteiger partial charge on any atom is -0.379 e. The molecule has 1 aliphatic heterocycles. The molecule has 4 rings (SSSR count). The lowest BCUT2D eigenvalue weighted by Gasteiger charge is -2.29. The van der Waals surface area contributed by atoms with Gasteiger partial charge in [-0.15, -0.1) is 0 Å². The number of aromatic nitrogens is 1. The van der Waals surface area contributed by atoms with Gasteiger partial charge in [-0.2, -0.15) is 13.2 Å². The third-order valence-electron chi connectivity index (χ3n) is 5.36. The zero-order valence-electron chi connectivity index (χ0n) is 17.3. The molecule has 3 aromatic rings. The van der Waals surface area contributed by atoms with E-state index in [0.29, 0.717) is 42.0 Å². The number of fused-ring (bicyclic) bond motifs is 1. The first-order valence-corrected chi connectivity index (χ1v) is 11.3. The second-order valence-corrected chi connectivity index (χ2v) is 8.91. The SMILES string of the molecule is Cc1ccc(Cl)c2sc(N(CCN3CCOCC3)C(=O)c3ccc(C(F)(F)F)cc3)nc12. The topological polar surface area (TPSA) is 45.7 Å². The maximum absolute atomic E-state index is 13.4. The van der Waals surface area contributed by atoms with Crippen molar-refractivity contribution >= 4 is 44.2 Å². The number of rotatable bonds is 5. The number of nitrogens with zero attached hydrogens (tertiary/aromatic N) is 3. The number of halogens is 4. The second kappa shape index (κ2) is 9.35. The van der Waals surface area contributed by atoms with Crippen molar-refractivity contribution < 1.29 is 22.7 Å². The zero-order chi connectivity index (χ0) is 22.9. The Kier molecular flexibility index (Phi) is 6.71. The molecule has 2 heterocycles. The number of hydrogen-bond acceptors (Lipinski definition) is 5. The van der Waals surface area contributed by atoms with Crippen LogP contribution in [0.25, 0.3) is 10.2 Å². The Labute approximate surface area is 192 Å². The monoisotopic (exact) mass is 483 g/mol. The van der Waals surface area contributed by atoms with Crippen LogP contribution >= 0.6 is 22.9 Å². The molecule has 0 aliphatic carbocycles. The van der Waals surface area contributed by atoms with Crippen molar-refractivity contribution in [1.29, 1.82) is 0 Å². The molecule has 5 nitrogen and oxygen atoms in total. The molecule has 0 spiro atoms. The molecule has 1 aromatic heterocycles. The molecule has 32 heavy (non-hydrogen) atoms. The van der Waals surface area contributed by atoms with Crippen LogP contribution in [0.3, 0.4) is 0 Å². The van der Waals surface area contributed by atoms with Gasteiger partial charge in [0.25, 0.3) is 5.91 Å². The van der Waals surface area contributed by atoms with E-state index >= 15 is 0 Å². The molecule has 0 radical (unpaired) electrons. The lowest BCUT2D eigenvalue weighted by Crippen LogP contribution is -2.43. The zero-order valence-corrected chi connectivity index (χ0v) is 18.9. The summed E-state index contributed by atoms with van der Waals surface area (Å²) in [4.78, 5) is 21.7. The van der Waals surface area contributed by atoms with Crippen LogP contribution < -0.4 is 4.90 Å². The molecule has 1 saturated heterocycles. The summed E-state index contributed by atoms with van der Waals surface area (Å²) in [7, 11) is 0. The molecule has 0 saturated carbocycles. The third-order valence-corrected chi connectivity index (χ3v) is 6.90. The van der Waals surface area contributed by atoms with Crippen LogP contribution in [0.5, 0.6) is 0 Å². The highest BCUT2D eigenvalue weighted by molar-refractivity contribution is 7.23. The molecule has 10 heteroatoms. The number of thiazole rings is 1. The van der Waals surface area contributed by atoms with Gasteiger partial charge in [0.1, 0.15) is 0 Å². The van der Waals surface area contributed by atoms with Gasteiger partial charge < -0.3 is 4.74 Å². The van der Waals surface area contributed by atoms with Crippen LogP contribution in [0, 0.1) is 6.92 Å². The number of aryl methyl sites for hydroxylation is 1. The van der Waals surface area contributed by atoms with E-state index in [1.807, 2.05) is 13.0 Å². The summed E-state index contributed by atoms with van der Waals surface area (Å²) in [5, 5.41) is 1.01. The summed E-state index contributed by atoms with van der Waals surface area (Å²) < 4.78 is 44.9. The van der Waals surface area contributed by atoms with E-state index in [4.69, 9.17) is 16.3 Å². The van der Waals surface area contributed by atoms with Crippen LogP contribution in [-0.2, 0) is 10.9 Å². The van der Waals surface area contributed by atoms with Gasteiger partial charge in [0.15, 0.2) is 5.13 Å². The van der Waals surface area contributed by atoms with Gasteiger partial charge in [0.05, 0.1) is 34.0 Å². The van der Waals surface area contributed by atoms with E-state index in [-0.39, 0.29) is 5.56 Å². The average molecular weight is 484 g/mol. The number of carbonyl (C=O) groups is 1. The normalized spacial score (nSPS) is 15.3. The number of benzene rings is 2. The lowest BCUT2D eigenvalue weighted by molar-refractivity contribution is -0.137. The Balaban J connectivity index is 1.66. The highest BCUT2D eigenvalue weighted by Crippen LogP contribution is 2.36. The van der Waals surface area contributed by atoms with Gasteiger partial charge in [-0.3, -0.25) is 14.6 Å². The van der Waals surface area contributed by atoms with Crippen LogP contribution in [0.15, 0.2) is 36.4 Å². The summed E-state index contributed by atoms with van der Waals surface area (Å²) in [6.07, 6.45) is -4.46. The number of amides is 1. The Bertz CT molecular complexity index is 1070. The van der Waals surface area contributed by atoms with Gasteiger partial charge in [0, 0.05) is 31.7 Å². The van der Waals surface area contributed by atoms with Crippen molar-refractivity contribution in [3.8, 4) is 0 Å². The predicted molar refractivity (Wildman–Crippen MR) is 120 cm³/mol. The Morgan fingerprint density at radius 3 is 2.50 bits per heavy atom. The quantitative estimate of drug-likeness (QED) is 0.497. The fourth-order valence-corrected chi connectivity index (χ4v) is 4.86. The van der Waals surface area contributed by atoms with Gasteiger partial charge in [-0.25, -0.2) is 4.98 Å². The number of anilines is 1. The maximum Gasteiger partial charge on any atom is 0.416 e. The minimum atomic E-state index is -4.46. The van der Waals surface area contributed by atoms with Gasteiger partial charge in [-0.1, -0.05) is 29.0 Å². The lowest BCUT2D eigenvalue weighted by atomic mass is 10.1. The first-order valence-electron chi connectivity index (χ1n) is 10.1. The minimum absolute atomic E-state index is 0.169. The highest BCUT2D eigenvalue weighted by atomic mass is 35.5. The number of alkyl halides is 3. The summed E-state index contributed by atoms with van der Waals surface area (Å²) in [6.45, 7) is 5.62. The van der Waals surface area contributed by atoms with Crippen LogP contribution in [0.1, 0.15) is 21.5 Å². The van der Waals surface area contributed by atoms with E-state index in [0.717, 1.165) is 35.5 Å². The Morgan fingerprint density at radius 2 is 1.88 bits per heavy atom. The fraction of sp³-hybridized carbons (Fsp3) is 0.364. The third kappa shape index (κ3) is 4.91. The Hall–Kier alpha value is -2.20. The molecule has 0 bridgehead atoms. The number of hydrogen-bond donors (Lipinski definition) is 0.